The number of nitrogens with zero attached hydrogens (tertiary/aromatic N) is 1. The van der Waals surface area contributed by atoms with Crippen molar-refractivity contribution in [1.82, 2.24) is 0 Å². The molecule has 1 amide bonds. The molecular formula is C11H9NO3. The molecule has 0 aromatic rings. The molecule has 0 aromatic heterocycles. The third-order valence-corrected chi connectivity index (χ3v) is 2.30. The van der Waals surface area contributed by atoms with Gasteiger partial charge in [0, 0.05) is 24.3 Å². The maximum Gasteiger partial charge on any atom is 0.270 e. The summed E-state index contributed by atoms with van der Waals surface area (Å²) in [6, 6.07) is 0. The van der Waals surface area contributed by atoms with E-state index in [4.69, 9.17) is 4.74 Å². The van der Waals surface area contributed by atoms with Crippen molar-refractivity contribution in [2.45, 2.75) is 6.10 Å². The van der Waals surface area contributed by atoms with E-state index in [-0.39, 0.29) is 6.10 Å². The van der Waals surface area contributed by atoms with Crippen LogP contribution in [0.5, 0.6) is 0 Å². The number of hydrogen-bond donors (Lipinski definition) is 0. The van der Waals surface area contributed by atoms with Gasteiger partial charge in [0.1, 0.15) is 6.10 Å². The van der Waals surface area contributed by atoms with Crippen molar-refractivity contribution < 1.29 is 14.3 Å². The van der Waals surface area contributed by atoms with E-state index >= 15 is 0 Å². The zero-order valence-corrected chi connectivity index (χ0v) is 8.14. The van der Waals surface area contributed by atoms with Gasteiger partial charge in [-0.15, -0.1) is 0 Å². The number of dihydropyridines is 1. The van der Waals surface area contributed by atoms with Crippen LogP contribution in [0.15, 0.2) is 40.4 Å². The SMILES string of the molecule is COC1C=CC=C2C(C=O)=CC(=O)N=C21. The van der Waals surface area contributed by atoms with Gasteiger partial charge in [-0.3, -0.25) is 9.59 Å². The highest BCUT2D eigenvalue weighted by molar-refractivity contribution is 6.22. The van der Waals surface area contributed by atoms with Crippen LogP contribution in [0.1, 0.15) is 0 Å². The van der Waals surface area contributed by atoms with E-state index in [1.54, 1.807) is 18.2 Å². The first-order chi connectivity index (χ1) is 7.26. The molecular weight excluding hydrogens is 194 g/mol. The first kappa shape index (κ1) is 9.73. The monoisotopic (exact) mass is 203 g/mol. The molecule has 1 unspecified atom stereocenters. The van der Waals surface area contributed by atoms with Crippen molar-refractivity contribution in [3.8, 4) is 0 Å². The van der Waals surface area contributed by atoms with E-state index in [0.29, 0.717) is 23.1 Å². The predicted molar refractivity (Wildman–Crippen MR) is 54.6 cm³/mol. The highest BCUT2D eigenvalue weighted by Crippen LogP contribution is 2.22. The van der Waals surface area contributed by atoms with Gasteiger partial charge in [-0.05, 0) is 6.08 Å². The molecule has 0 N–H and O–H groups in total. The second kappa shape index (κ2) is 3.74. The van der Waals surface area contributed by atoms with Crippen LogP contribution in [0.25, 0.3) is 0 Å². The van der Waals surface area contributed by atoms with Crippen molar-refractivity contribution in [1.29, 1.82) is 0 Å². The number of methoxy groups -OCH3 is 1. The number of hydrogen-bond acceptors (Lipinski definition) is 3. The number of rotatable bonds is 2. The summed E-state index contributed by atoms with van der Waals surface area (Å²) in [5.41, 5.74) is 1.53. The van der Waals surface area contributed by atoms with Crippen molar-refractivity contribution in [2.75, 3.05) is 7.11 Å². The van der Waals surface area contributed by atoms with E-state index in [1.165, 1.54) is 13.2 Å². The number of aldehydes is 1. The standard InChI is InChI=1S/C11H9NO3/c1-15-9-4-2-3-8-7(6-13)5-10(14)12-11(8)9/h2-6,9H,1H3. The molecule has 0 saturated carbocycles. The van der Waals surface area contributed by atoms with Crippen LogP contribution in [-0.2, 0) is 14.3 Å². The summed E-state index contributed by atoms with van der Waals surface area (Å²) < 4.78 is 5.15. The summed E-state index contributed by atoms with van der Waals surface area (Å²) in [6.45, 7) is 0. The molecule has 2 rings (SSSR count). The predicted octanol–water partition coefficient (Wildman–Crippen LogP) is 0.604. The Morgan fingerprint density at radius 1 is 1.53 bits per heavy atom. The molecule has 0 aromatic carbocycles. The van der Waals surface area contributed by atoms with Crippen LogP contribution >= 0.6 is 0 Å². The van der Waals surface area contributed by atoms with Gasteiger partial charge < -0.3 is 4.74 Å². The fourth-order valence-corrected chi connectivity index (χ4v) is 1.60. The third kappa shape index (κ3) is 1.59. The Bertz CT molecular complexity index is 441. The first-order valence-electron chi connectivity index (χ1n) is 4.47. The molecule has 0 spiro atoms. The van der Waals surface area contributed by atoms with E-state index in [1.807, 2.05) is 0 Å². The Kier molecular flexibility index (Phi) is 2.43. The van der Waals surface area contributed by atoms with Crippen molar-refractivity contribution in [3.63, 3.8) is 0 Å². The maximum absolute atomic E-state index is 11.2. The minimum absolute atomic E-state index is 0.349. The second-order valence-corrected chi connectivity index (χ2v) is 3.17. The average molecular weight is 203 g/mol. The quantitative estimate of drug-likeness (QED) is 0.617. The van der Waals surface area contributed by atoms with Crippen LogP contribution in [0.4, 0.5) is 0 Å². The minimum Gasteiger partial charge on any atom is -0.371 e. The highest BCUT2D eigenvalue weighted by atomic mass is 16.5. The van der Waals surface area contributed by atoms with Gasteiger partial charge in [0.2, 0.25) is 0 Å². The normalized spacial score (nSPS) is 23.9. The van der Waals surface area contributed by atoms with Gasteiger partial charge in [0.25, 0.3) is 5.91 Å². The number of allylic oxidation sites excluding steroid dienone is 3. The largest absolute Gasteiger partial charge is 0.371 e. The third-order valence-electron chi connectivity index (χ3n) is 2.30. The van der Waals surface area contributed by atoms with Crippen LogP contribution < -0.4 is 0 Å². The van der Waals surface area contributed by atoms with Crippen LogP contribution in [0.2, 0.25) is 0 Å². The van der Waals surface area contributed by atoms with Crippen LogP contribution in [0, 0.1) is 0 Å². The summed E-state index contributed by atoms with van der Waals surface area (Å²) in [5, 5.41) is 0. The summed E-state index contributed by atoms with van der Waals surface area (Å²) in [6.07, 6.45) is 6.86. The summed E-state index contributed by atoms with van der Waals surface area (Å²) >= 11 is 0. The second-order valence-electron chi connectivity index (χ2n) is 3.17. The molecule has 2 aliphatic rings. The van der Waals surface area contributed by atoms with Gasteiger partial charge in [0.05, 0.1) is 5.71 Å². The van der Waals surface area contributed by atoms with E-state index in [9.17, 15) is 9.59 Å². The molecule has 0 fully saturated rings. The molecule has 1 aliphatic heterocycles. The molecule has 76 valence electrons. The average Bonchev–Trinajstić information content (AvgIpc) is 2.27. The van der Waals surface area contributed by atoms with Crippen molar-refractivity contribution in [3.05, 3.63) is 35.5 Å². The molecule has 1 heterocycles. The molecule has 4 nitrogen and oxygen atoms in total. The van der Waals surface area contributed by atoms with E-state index < -0.39 is 5.91 Å². The van der Waals surface area contributed by atoms with Gasteiger partial charge in [0.15, 0.2) is 6.29 Å². The Morgan fingerprint density at radius 3 is 3.00 bits per heavy atom. The number of aliphatic imine (C=N–C) groups is 1. The van der Waals surface area contributed by atoms with E-state index in [2.05, 4.69) is 4.99 Å². The topological polar surface area (TPSA) is 55.7 Å². The fourth-order valence-electron chi connectivity index (χ4n) is 1.60. The van der Waals surface area contributed by atoms with Crippen molar-refractivity contribution >= 4 is 17.9 Å². The Hall–Kier alpha value is -1.81. The van der Waals surface area contributed by atoms with Crippen LogP contribution in [-0.4, -0.2) is 31.1 Å². The Labute approximate surface area is 86.6 Å². The number of ether oxygens (including phenoxy) is 1. The van der Waals surface area contributed by atoms with Gasteiger partial charge >= 0.3 is 0 Å². The molecule has 0 bridgehead atoms. The zero-order valence-electron chi connectivity index (χ0n) is 8.14. The van der Waals surface area contributed by atoms with Crippen molar-refractivity contribution in [2.24, 2.45) is 4.99 Å². The van der Waals surface area contributed by atoms with Crippen LogP contribution in [0.3, 0.4) is 0 Å². The van der Waals surface area contributed by atoms with Gasteiger partial charge in [-0.1, -0.05) is 12.2 Å². The summed E-state index contributed by atoms with van der Waals surface area (Å²) in [4.78, 5) is 25.8. The summed E-state index contributed by atoms with van der Waals surface area (Å²) in [5.74, 6) is -0.415. The first-order valence-corrected chi connectivity index (χ1v) is 4.47. The van der Waals surface area contributed by atoms with E-state index in [0.717, 1.165) is 0 Å². The zero-order chi connectivity index (χ0) is 10.8. The number of fused-ring (bicyclic) bond motifs is 1. The highest BCUT2D eigenvalue weighted by Gasteiger charge is 2.26. The number of carbonyl (C=O) groups is 2. The Balaban J connectivity index is 2.49. The fraction of sp³-hybridized carbons (Fsp3) is 0.182. The lowest BCUT2D eigenvalue weighted by molar-refractivity contribution is -0.114. The molecule has 4 heteroatoms. The lowest BCUT2D eigenvalue weighted by Crippen LogP contribution is -2.29. The van der Waals surface area contributed by atoms with Gasteiger partial charge in [-0.25, -0.2) is 4.99 Å². The lowest BCUT2D eigenvalue weighted by Gasteiger charge is -2.21. The number of amides is 1. The smallest absolute Gasteiger partial charge is 0.270 e. The lowest BCUT2D eigenvalue weighted by atomic mass is 9.91. The number of carbonyl (C=O) groups excluding carboxylic acids is 2. The Morgan fingerprint density at radius 2 is 2.33 bits per heavy atom. The molecule has 0 radical (unpaired) electrons. The molecule has 1 aliphatic carbocycles. The molecule has 1 atom stereocenters. The molecule has 0 saturated heterocycles. The molecule has 15 heavy (non-hydrogen) atoms. The van der Waals surface area contributed by atoms with Gasteiger partial charge in [-0.2, -0.15) is 0 Å². The maximum atomic E-state index is 11.2. The minimum atomic E-state index is -0.415. The summed E-state index contributed by atoms with van der Waals surface area (Å²) in [7, 11) is 1.53.